The summed E-state index contributed by atoms with van der Waals surface area (Å²) >= 11 is 0. The molecule has 0 fully saturated rings. The van der Waals surface area contributed by atoms with Crippen molar-refractivity contribution in [2.45, 2.75) is 33.1 Å². The molecule has 1 unspecified atom stereocenters. The van der Waals surface area contributed by atoms with Crippen LogP contribution in [0, 0.1) is 11.7 Å². The Labute approximate surface area is 98.1 Å². The van der Waals surface area contributed by atoms with Gasteiger partial charge in [0, 0.05) is 0 Å². The van der Waals surface area contributed by atoms with Crippen LogP contribution in [0.2, 0.25) is 0 Å². The molecule has 0 amide bonds. The molecule has 1 nitrogen and oxygen atoms in total. The van der Waals surface area contributed by atoms with E-state index in [1.165, 1.54) is 18.4 Å². The summed E-state index contributed by atoms with van der Waals surface area (Å²) in [6, 6.07) is 6.84. The van der Waals surface area contributed by atoms with Crippen LogP contribution in [0.4, 0.5) is 4.39 Å². The van der Waals surface area contributed by atoms with Gasteiger partial charge in [-0.15, -0.1) is 0 Å². The van der Waals surface area contributed by atoms with E-state index in [1.54, 1.807) is 12.1 Å². The molecule has 90 valence electrons. The number of aryl methyl sites for hydroxylation is 1. The summed E-state index contributed by atoms with van der Waals surface area (Å²) in [6.45, 7) is 6.55. The van der Waals surface area contributed by atoms with E-state index in [1.807, 2.05) is 12.1 Å². The summed E-state index contributed by atoms with van der Waals surface area (Å²) in [5.74, 6) is 0.577. The second-order valence-electron chi connectivity index (χ2n) is 4.41. The predicted octanol–water partition coefficient (Wildman–Crippen LogP) is 3.39. The molecule has 0 aliphatic heterocycles. The first-order chi connectivity index (χ1) is 7.72. The molecule has 1 rings (SSSR count). The lowest BCUT2D eigenvalue weighted by atomic mass is 9.98. The lowest BCUT2D eigenvalue weighted by Gasteiger charge is -2.11. The van der Waals surface area contributed by atoms with Crippen molar-refractivity contribution in [1.82, 2.24) is 5.32 Å². The summed E-state index contributed by atoms with van der Waals surface area (Å²) < 4.78 is 12.7. The largest absolute Gasteiger partial charge is 0.317 e. The van der Waals surface area contributed by atoms with Crippen molar-refractivity contribution in [3.8, 4) is 0 Å². The Morgan fingerprint density at radius 2 is 1.88 bits per heavy atom. The van der Waals surface area contributed by atoms with Crippen molar-refractivity contribution in [1.29, 1.82) is 0 Å². The minimum Gasteiger partial charge on any atom is -0.317 e. The van der Waals surface area contributed by atoms with Crippen LogP contribution in [0.1, 0.15) is 32.3 Å². The maximum absolute atomic E-state index is 12.7. The number of nitrogens with one attached hydrogen (secondary N) is 1. The lowest BCUT2D eigenvalue weighted by molar-refractivity contribution is 0.474. The molecule has 0 aromatic heterocycles. The van der Waals surface area contributed by atoms with Crippen LogP contribution in [-0.2, 0) is 6.42 Å². The molecular weight excluding hydrogens is 201 g/mol. The second-order valence-corrected chi connectivity index (χ2v) is 4.41. The van der Waals surface area contributed by atoms with Gasteiger partial charge in [-0.3, -0.25) is 0 Å². The minimum atomic E-state index is -0.149. The maximum atomic E-state index is 12.7. The monoisotopic (exact) mass is 223 g/mol. The van der Waals surface area contributed by atoms with Crippen molar-refractivity contribution < 1.29 is 4.39 Å². The van der Waals surface area contributed by atoms with E-state index in [0.717, 1.165) is 25.4 Å². The zero-order valence-corrected chi connectivity index (χ0v) is 10.3. The highest BCUT2D eigenvalue weighted by atomic mass is 19.1. The van der Waals surface area contributed by atoms with Gasteiger partial charge in [0.2, 0.25) is 0 Å². The van der Waals surface area contributed by atoms with Gasteiger partial charge in [0.1, 0.15) is 5.82 Å². The SMILES string of the molecule is CCNCCC(C)CCc1ccc(F)cc1. The van der Waals surface area contributed by atoms with Gasteiger partial charge >= 0.3 is 0 Å². The van der Waals surface area contributed by atoms with E-state index in [-0.39, 0.29) is 5.82 Å². The minimum absolute atomic E-state index is 0.149. The quantitative estimate of drug-likeness (QED) is 0.699. The first kappa shape index (κ1) is 13.2. The van der Waals surface area contributed by atoms with Crippen LogP contribution in [0.3, 0.4) is 0 Å². The van der Waals surface area contributed by atoms with Gasteiger partial charge in [-0.1, -0.05) is 26.0 Å². The van der Waals surface area contributed by atoms with E-state index in [0.29, 0.717) is 0 Å². The molecule has 1 aromatic rings. The Balaban J connectivity index is 2.20. The molecule has 0 saturated carbocycles. The van der Waals surface area contributed by atoms with Crippen LogP contribution in [0.5, 0.6) is 0 Å². The predicted molar refractivity (Wildman–Crippen MR) is 67.0 cm³/mol. The van der Waals surface area contributed by atoms with Crippen LogP contribution in [0.25, 0.3) is 0 Å². The molecular formula is C14H22FN. The second kappa shape index (κ2) is 7.39. The molecule has 0 radical (unpaired) electrons. The first-order valence-corrected chi connectivity index (χ1v) is 6.17. The fourth-order valence-corrected chi connectivity index (χ4v) is 1.73. The summed E-state index contributed by atoms with van der Waals surface area (Å²) in [4.78, 5) is 0. The average Bonchev–Trinajstić information content (AvgIpc) is 2.29. The van der Waals surface area contributed by atoms with Gasteiger partial charge in [0.25, 0.3) is 0 Å². The van der Waals surface area contributed by atoms with E-state index in [9.17, 15) is 4.39 Å². The van der Waals surface area contributed by atoms with E-state index in [2.05, 4.69) is 19.2 Å². The highest BCUT2D eigenvalue weighted by molar-refractivity contribution is 5.16. The fourth-order valence-electron chi connectivity index (χ4n) is 1.73. The fraction of sp³-hybridized carbons (Fsp3) is 0.571. The number of hydrogen-bond donors (Lipinski definition) is 1. The third-order valence-electron chi connectivity index (χ3n) is 2.90. The number of halogens is 1. The topological polar surface area (TPSA) is 12.0 Å². The Hall–Kier alpha value is -0.890. The third kappa shape index (κ3) is 5.26. The standard InChI is InChI=1S/C14H22FN/c1-3-16-11-10-12(2)4-5-13-6-8-14(15)9-7-13/h6-9,12,16H,3-5,10-11H2,1-2H3. The van der Waals surface area contributed by atoms with Gasteiger partial charge in [0.05, 0.1) is 0 Å². The molecule has 0 aliphatic rings. The molecule has 1 aromatic carbocycles. The van der Waals surface area contributed by atoms with E-state index < -0.39 is 0 Å². The van der Waals surface area contributed by atoms with E-state index in [4.69, 9.17) is 0 Å². The van der Waals surface area contributed by atoms with Crippen molar-refractivity contribution in [3.63, 3.8) is 0 Å². The van der Waals surface area contributed by atoms with Gasteiger partial charge < -0.3 is 5.32 Å². The van der Waals surface area contributed by atoms with Crippen molar-refractivity contribution in [2.24, 2.45) is 5.92 Å². The van der Waals surface area contributed by atoms with Gasteiger partial charge in [0.15, 0.2) is 0 Å². The Bertz CT molecular complexity index is 281. The van der Waals surface area contributed by atoms with Crippen LogP contribution >= 0.6 is 0 Å². The average molecular weight is 223 g/mol. The normalized spacial score (nSPS) is 12.7. The van der Waals surface area contributed by atoms with Gasteiger partial charge in [-0.25, -0.2) is 4.39 Å². The smallest absolute Gasteiger partial charge is 0.123 e. The number of hydrogen-bond acceptors (Lipinski definition) is 1. The van der Waals surface area contributed by atoms with Crippen molar-refractivity contribution in [3.05, 3.63) is 35.6 Å². The number of rotatable bonds is 7. The highest BCUT2D eigenvalue weighted by Gasteiger charge is 2.02. The molecule has 1 N–H and O–H groups in total. The van der Waals surface area contributed by atoms with Crippen molar-refractivity contribution >= 4 is 0 Å². The molecule has 0 spiro atoms. The molecule has 2 heteroatoms. The summed E-state index contributed by atoms with van der Waals surface area (Å²) in [6.07, 6.45) is 3.44. The summed E-state index contributed by atoms with van der Waals surface area (Å²) in [5.41, 5.74) is 1.23. The van der Waals surface area contributed by atoms with E-state index >= 15 is 0 Å². The molecule has 16 heavy (non-hydrogen) atoms. The van der Waals surface area contributed by atoms with Gasteiger partial charge in [-0.05, 0) is 56.0 Å². The highest BCUT2D eigenvalue weighted by Crippen LogP contribution is 2.12. The Morgan fingerprint density at radius 1 is 1.19 bits per heavy atom. The zero-order chi connectivity index (χ0) is 11.8. The maximum Gasteiger partial charge on any atom is 0.123 e. The molecule has 1 atom stereocenters. The number of benzene rings is 1. The van der Waals surface area contributed by atoms with Crippen LogP contribution in [0.15, 0.2) is 24.3 Å². The zero-order valence-electron chi connectivity index (χ0n) is 10.3. The molecule has 0 bridgehead atoms. The lowest BCUT2D eigenvalue weighted by Crippen LogP contribution is -2.16. The van der Waals surface area contributed by atoms with Gasteiger partial charge in [-0.2, -0.15) is 0 Å². The summed E-state index contributed by atoms with van der Waals surface area (Å²) in [5, 5.41) is 3.34. The summed E-state index contributed by atoms with van der Waals surface area (Å²) in [7, 11) is 0. The molecule has 0 saturated heterocycles. The molecule has 0 aliphatic carbocycles. The molecule has 0 heterocycles. The van der Waals surface area contributed by atoms with Crippen molar-refractivity contribution in [2.75, 3.05) is 13.1 Å². The Kier molecular flexibility index (Phi) is 6.09. The first-order valence-electron chi connectivity index (χ1n) is 6.17. The third-order valence-corrected chi connectivity index (χ3v) is 2.90. The Morgan fingerprint density at radius 3 is 2.50 bits per heavy atom. The van der Waals surface area contributed by atoms with Crippen LogP contribution < -0.4 is 5.32 Å². The van der Waals surface area contributed by atoms with Crippen LogP contribution in [-0.4, -0.2) is 13.1 Å².